The molecular weight excluding hydrogens is 384 g/mol. The number of nitrogens with one attached hydrogen (secondary N) is 1. The van der Waals surface area contributed by atoms with Crippen LogP contribution in [-0.4, -0.2) is 47.4 Å². The molecule has 0 unspecified atom stereocenters. The van der Waals surface area contributed by atoms with Gasteiger partial charge in [-0.3, -0.25) is 9.59 Å². The Morgan fingerprint density at radius 3 is 3.04 bits per heavy atom. The van der Waals surface area contributed by atoms with Crippen molar-refractivity contribution in [3.63, 3.8) is 0 Å². The SMILES string of the molecule is O=C(C[C@@H]1COCCN1C(=O)Cc1c[nH]c2cc(Cl)ccc12)c1cccs1. The Labute approximate surface area is 165 Å². The lowest BCUT2D eigenvalue weighted by Crippen LogP contribution is -2.50. The number of amides is 1. The fourth-order valence-corrected chi connectivity index (χ4v) is 4.32. The van der Waals surface area contributed by atoms with E-state index in [1.165, 1.54) is 11.3 Å². The van der Waals surface area contributed by atoms with E-state index in [1.54, 1.807) is 4.90 Å². The predicted octanol–water partition coefficient (Wildman–Crippen LogP) is 3.93. The number of ketones is 1. The van der Waals surface area contributed by atoms with Crippen LogP contribution in [0.4, 0.5) is 0 Å². The van der Waals surface area contributed by atoms with Crippen molar-refractivity contribution in [3.8, 4) is 0 Å². The number of fused-ring (bicyclic) bond motifs is 1. The molecule has 1 amide bonds. The molecule has 1 aromatic carbocycles. The molecule has 0 bridgehead atoms. The second-order valence-corrected chi connectivity index (χ2v) is 7.99. The standard InChI is InChI=1S/C20H19ClN2O3S/c21-14-3-4-16-13(11-22-17(16)9-14)8-20(25)23-5-6-26-12-15(23)10-18(24)19-2-1-7-27-19/h1-4,7,9,11,15,22H,5-6,8,10,12H2/t15-/m1/s1. The molecule has 5 nitrogen and oxygen atoms in total. The summed E-state index contributed by atoms with van der Waals surface area (Å²) in [6.07, 6.45) is 2.42. The maximum atomic E-state index is 13.0. The van der Waals surface area contributed by atoms with Crippen molar-refractivity contribution in [1.29, 1.82) is 0 Å². The van der Waals surface area contributed by atoms with Crippen molar-refractivity contribution in [2.75, 3.05) is 19.8 Å². The molecule has 0 radical (unpaired) electrons. The van der Waals surface area contributed by atoms with Crippen molar-refractivity contribution in [1.82, 2.24) is 9.88 Å². The average molecular weight is 403 g/mol. The van der Waals surface area contributed by atoms with Gasteiger partial charge < -0.3 is 14.6 Å². The Balaban J connectivity index is 1.49. The highest BCUT2D eigenvalue weighted by Crippen LogP contribution is 2.24. The molecule has 0 aliphatic carbocycles. The molecule has 3 aromatic rings. The van der Waals surface area contributed by atoms with Gasteiger partial charge in [0, 0.05) is 35.1 Å². The van der Waals surface area contributed by atoms with Gasteiger partial charge in [-0.2, -0.15) is 0 Å². The molecule has 0 spiro atoms. The molecule has 7 heteroatoms. The van der Waals surface area contributed by atoms with Gasteiger partial charge in [0.2, 0.25) is 5.91 Å². The number of thiophene rings is 1. The Kier molecular flexibility index (Phi) is 5.29. The molecule has 27 heavy (non-hydrogen) atoms. The van der Waals surface area contributed by atoms with E-state index in [2.05, 4.69) is 4.98 Å². The van der Waals surface area contributed by atoms with Gasteiger partial charge in [-0.05, 0) is 29.1 Å². The number of H-pyrrole nitrogens is 1. The Morgan fingerprint density at radius 1 is 1.33 bits per heavy atom. The van der Waals surface area contributed by atoms with Crippen LogP contribution in [0.25, 0.3) is 10.9 Å². The molecule has 1 atom stereocenters. The van der Waals surface area contributed by atoms with Gasteiger partial charge in [-0.15, -0.1) is 11.3 Å². The van der Waals surface area contributed by atoms with Gasteiger partial charge in [0.05, 0.1) is 30.6 Å². The summed E-state index contributed by atoms with van der Waals surface area (Å²) < 4.78 is 5.54. The fraction of sp³-hybridized carbons (Fsp3) is 0.300. The number of benzene rings is 1. The van der Waals surface area contributed by atoms with E-state index in [9.17, 15) is 9.59 Å². The first-order chi connectivity index (χ1) is 13.1. The van der Waals surface area contributed by atoms with E-state index in [0.29, 0.717) is 24.8 Å². The van der Waals surface area contributed by atoms with Crippen LogP contribution in [0.5, 0.6) is 0 Å². The zero-order valence-electron chi connectivity index (χ0n) is 14.6. The first-order valence-corrected chi connectivity index (χ1v) is 10.1. The number of carbonyl (C=O) groups excluding carboxylic acids is 2. The first kappa shape index (κ1) is 18.2. The van der Waals surface area contributed by atoms with Crippen LogP contribution in [0, 0.1) is 0 Å². The quantitative estimate of drug-likeness (QED) is 0.658. The van der Waals surface area contributed by atoms with Crippen LogP contribution < -0.4 is 0 Å². The lowest BCUT2D eigenvalue weighted by atomic mass is 10.0. The Bertz CT molecular complexity index is 967. The number of morpholine rings is 1. The highest BCUT2D eigenvalue weighted by Gasteiger charge is 2.30. The molecule has 1 saturated heterocycles. The summed E-state index contributed by atoms with van der Waals surface area (Å²) in [5.74, 6) is 0.0677. The molecule has 3 heterocycles. The summed E-state index contributed by atoms with van der Waals surface area (Å²) in [6.45, 7) is 1.40. The van der Waals surface area contributed by atoms with Crippen molar-refractivity contribution >= 4 is 45.5 Å². The largest absolute Gasteiger partial charge is 0.377 e. The van der Waals surface area contributed by atoms with Crippen molar-refractivity contribution in [2.45, 2.75) is 18.9 Å². The minimum absolute atomic E-state index is 0.0122. The zero-order chi connectivity index (χ0) is 18.8. The van der Waals surface area contributed by atoms with Crippen LogP contribution in [0.15, 0.2) is 41.9 Å². The van der Waals surface area contributed by atoms with Crippen LogP contribution in [0.3, 0.4) is 0 Å². The molecule has 2 aromatic heterocycles. The number of hydrogen-bond acceptors (Lipinski definition) is 4. The lowest BCUT2D eigenvalue weighted by Gasteiger charge is -2.35. The number of aromatic amines is 1. The van der Waals surface area contributed by atoms with Gasteiger partial charge in [0.1, 0.15) is 0 Å². The van der Waals surface area contributed by atoms with Crippen LogP contribution >= 0.6 is 22.9 Å². The van der Waals surface area contributed by atoms with E-state index in [4.69, 9.17) is 16.3 Å². The number of halogens is 1. The van der Waals surface area contributed by atoms with Crippen molar-refractivity contribution in [2.24, 2.45) is 0 Å². The minimum atomic E-state index is -0.222. The lowest BCUT2D eigenvalue weighted by molar-refractivity contribution is -0.138. The number of aromatic nitrogens is 1. The Morgan fingerprint density at radius 2 is 2.22 bits per heavy atom. The zero-order valence-corrected chi connectivity index (χ0v) is 16.2. The molecule has 1 N–H and O–H groups in total. The smallest absolute Gasteiger partial charge is 0.227 e. The van der Waals surface area contributed by atoms with E-state index >= 15 is 0 Å². The maximum absolute atomic E-state index is 13.0. The van der Waals surface area contributed by atoms with E-state index in [0.717, 1.165) is 21.3 Å². The molecule has 140 valence electrons. The van der Waals surface area contributed by atoms with E-state index in [-0.39, 0.29) is 30.6 Å². The molecule has 1 fully saturated rings. The average Bonchev–Trinajstić information content (AvgIpc) is 3.32. The summed E-state index contributed by atoms with van der Waals surface area (Å²) in [5, 5.41) is 3.53. The number of hydrogen-bond donors (Lipinski definition) is 1. The van der Waals surface area contributed by atoms with Crippen molar-refractivity contribution in [3.05, 3.63) is 57.4 Å². The Hall–Kier alpha value is -2.15. The van der Waals surface area contributed by atoms with E-state index in [1.807, 2.05) is 41.9 Å². The third-order valence-corrected chi connectivity index (χ3v) is 5.98. The number of ether oxygens (including phenoxy) is 1. The van der Waals surface area contributed by atoms with Crippen molar-refractivity contribution < 1.29 is 14.3 Å². The van der Waals surface area contributed by atoms with Crippen LogP contribution in [0.2, 0.25) is 5.02 Å². The van der Waals surface area contributed by atoms with Crippen LogP contribution in [-0.2, 0) is 16.0 Å². The third kappa shape index (κ3) is 3.93. The minimum Gasteiger partial charge on any atom is -0.377 e. The summed E-state index contributed by atoms with van der Waals surface area (Å²) in [5.41, 5.74) is 1.85. The van der Waals surface area contributed by atoms with Crippen LogP contribution in [0.1, 0.15) is 21.7 Å². The monoisotopic (exact) mass is 402 g/mol. The van der Waals surface area contributed by atoms with Gasteiger partial charge in [0.15, 0.2) is 5.78 Å². The number of Topliss-reactive ketones (excluding diaryl/α,β-unsaturated/α-hetero) is 1. The molecule has 1 aliphatic rings. The number of carbonyl (C=O) groups is 2. The van der Waals surface area contributed by atoms with Gasteiger partial charge in [-0.1, -0.05) is 23.7 Å². The van der Waals surface area contributed by atoms with Gasteiger partial charge >= 0.3 is 0 Å². The van der Waals surface area contributed by atoms with Gasteiger partial charge in [0.25, 0.3) is 0 Å². The normalized spacial score (nSPS) is 17.4. The number of nitrogens with zero attached hydrogens (tertiary/aromatic N) is 1. The predicted molar refractivity (Wildman–Crippen MR) is 107 cm³/mol. The summed E-state index contributed by atoms with van der Waals surface area (Å²) in [4.78, 5) is 31.1. The summed E-state index contributed by atoms with van der Waals surface area (Å²) in [6, 6.07) is 9.06. The highest BCUT2D eigenvalue weighted by atomic mass is 35.5. The second kappa shape index (κ2) is 7.84. The number of rotatable bonds is 5. The first-order valence-electron chi connectivity index (χ1n) is 8.81. The van der Waals surface area contributed by atoms with Gasteiger partial charge in [-0.25, -0.2) is 0 Å². The second-order valence-electron chi connectivity index (χ2n) is 6.60. The topological polar surface area (TPSA) is 62.4 Å². The molecule has 0 saturated carbocycles. The summed E-state index contributed by atoms with van der Waals surface area (Å²) >= 11 is 7.45. The van der Waals surface area contributed by atoms with E-state index < -0.39 is 0 Å². The highest BCUT2D eigenvalue weighted by molar-refractivity contribution is 7.12. The maximum Gasteiger partial charge on any atom is 0.227 e. The fourth-order valence-electron chi connectivity index (χ4n) is 3.47. The third-order valence-electron chi connectivity index (χ3n) is 4.84. The molecule has 4 rings (SSSR count). The molecular formula is C20H19ClN2O3S. The summed E-state index contributed by atoms with van der Waals surface area (Å²) in [7, 11) is 0. The molecule has 1 aliphatic heterocycles.